The number of nitrogens with one attached hydrogen (secondary N) is 1. The monoisotopic (exact) mass is 176 g/mol. The van der Waals surface area contributed by atoms with Crippen molar-refractivity contribution in [3.63, 3.8) is 0 Å². The van der Waals surface area contributed by atoms with Crippen LogP contribution in [-0.4, -0.2) is 9.78 Å². The van der Waals surface area contributed by atoms with Gasteiger partial charge in [0.1, 0.15) is 0 Å². The Bertz CT molecular complexity index is 479. The average molecular weight is 176 g/mol. The normalized spacial score (nSPS) is 11.3. The second kappa shape index (κ2) is 2.76. The van der Waals surface area contributed by atoms with Crippen LogP contribution < -0.4 is 5.56 Å². The van der Waals surface area contributed by atoms with Crippen molar-refractivity contribution >= 4 is 10.9 Å². The summed E-state index contributed by atoms with van der Waals surface area (Å²) >= 11 is 0. The molecule has 13 heavy (non-hydrogen) atoms. The SMILES string of the molecule is CC(C)n1[nH]c(=O)c2ccccc21. The second-order valence-electron chi connectivity index (χ2n) is 3.42. The van der Waals surface area contributed by atoms with E-state index in [9.17, 15) is 4.79 Å². The van der Waals surface area contributed by atoms with Gasteiger partial charge in [-0.3, -0.25) is 14.6 Å². The van der Waals surface area contributed by atoms with E-state index in [0.29, 0.717) is 0 Å². The first-order chi connectivity index (χ1) is 6.20. The second-order valence-corrected chi connectivity index (χ2v) is 3.42. The van der Waals surface area contributed by atoms with Gasteiger partial charge >= 0.3 is 0 Å². The average Bonchev–Trinajstić information content (AvgIpc) is 2.45. The molecule has 3 nitrogen and oxygen atoms in total. The maximum atomic E-state index is 11.4. The maximum Gasteiger partial charge on any atom is 0.271 e. The molecule has 0 atom stereocenters. The summed E-state index contributed by atoms with van der Waals surface area (Å²) in [6, 6.07) is 7.89. The summed E-state index contributed by atoms with van der Waals surface area (Å²) in [5, 5.41) is 3.57. The van der Waals surface area contributed by atoms with E-state index < -0.39 is 0 Å². The number of nitrogens with zero attached hydrogens (tertiary/aromatic N) is 1. The highest BCUT2D eigenvalue weighted by molar-refractivity contribution is 5.78. The van der Waals surface area contributed by atoms with Gasteiger partial charge in [-0.1, -0.05) is 12.1 Å². The molecule has 1 aromatic carbocycles. The van der Waals surface area contributed by atoms with Gasteiger partial charge in [0, 0.05) is 6.04 Å². The van der Waals surface area contributed by atoms with Gasteiger partial charge < -0.3 is 0 Å². The molecule has 0 aliphatic heterocycles. The molecule has 0 aliphatic carbocycles. The third-order valence-electron chi connectivity index (χ3n) is 2.15. The number of aromatic nitrogens is 2. The number of H-pyrrole nitrogens is 1. The third kappa shape index (κ3) is 1.16. The van der Waals surface area contributed by atoms with Gasteiger partial charge in [0.2, 0.25) is 0 Å². The molecule has 0 saturated heterocycles. The Morgan fingerprint density at radius 3 is 2.69 bits per heavy atom. The van der Waals surface area contributed by atoms with Crippen molar-refractivity contribution in [2.24, 2.45) is 0 Å². The summed E-state index contributed by atoms with van der Waals surface area (Å²) in [5.41, 5.74) is 0.965. The number of para-hydroxylation sites is 1. The van der Waals surface area contributed by atoms with Gasteiger partial charge in [-0.25, -0.2) is 0 Å². The van der Waals surface area contributed by atoms with E-state index in [1.807, 2.05) is 42.8 Å². The molecule has 0 bridgehead atoms. The van der Waals surface area contributed by atoms with Crippen molar-refractivity contribution in [1.82, 2.24) is 9.78 Å². The van der Waals surface area contributed by atoms with Crippen molar-refractivity contribution in [3.8, 4) is 0 Å². The standard InChI is InChI=1S/C10H12N2O/c1-7(2)12-9-6-4-3-5-8(9)10(13)11-12/h3-7H,1-2H3,(H,11,13). The van der Waals surface area contributed by atoms with Gasteiger partial charge in [-0.15, -0.1) is 0 Å². The molecule has 0 radical (unpaired) electrons. The fourth-order valence-corrected chi connectivity index (χ4v) is 1.51. The Morgan fingerprint density at radius 1 is 1.31 bits per heavy atom. The molecule has 0 unspecified atom stereocenters. The lowest BCUT2D eigenvalue weighted by molar-refractivity contribution is 0.546. The van der Waals surface area contributed by atoms with Crippen LogP contribution in [0.15, 0.2) is 29.1 Å². The Morgan fingerprint density at radius 2 is 2.00 bits per heavy atom. The van der Waals surface area contributed by atoms with Crippen LogP contribution in [0.3, 0.4) is 0 Å². The zero-order valence-electron chi connectivity index (χ0n) is 7.74. The van der Waals surface area contributed by atoms with Crippen LogP contribution in [0.2, 0.25) is 0 Å². The number of benzene rings is 1. The summed E-state index contributed by atoms with van der Waals surface area (Å²) in [6.45, 7) is 4.09. The first-order valence-electron chi connectivity index (χ1n) is 4.39. The van der Waals surface area contributed by atoms with Crippen LogP contribution in [0.4, 0.5) is 0 Å². The maximum absolute atomic E-state index is 11.4. The molecule has 0 aliphatic rings. The number of aromatic amines is 1. The highest BCUT2D eigenvalue weighted by Gasteiger charge is 2.06. The van der Waals surface area contributed by atoms with Crippen molar-refractivity contribution < 1.29 is 0 Å². The molecule has 3 heteroatoms. The van der Waals surface area contributed by atoms with Crippen LogP contribution in [0.25, 0.3) is 10.9 Å². The molecule has 0 amide bonds. The molecule has 0 spiro atoms. The minimum absolute atomic E-state index is 0.00991. The highest BCUT2D eigenvalue weighted by Crippen LogP contribution is 2.12. The quantitative estimate of drug-likeness (QED) is 0.708. The van der Waals surface area contributed by atoms with E-state index in [1.54, 1.807) is 0 Å². The fraction of sp³-hybridized carbons (Fsp3) is 0.300. The number of fused-ring (bicyclic) bond motifs is 1. The number of rotatable bonds is 1. The Hall–Kier alpha value is -1.51. The van der Waals surface area contributed by atoms with Gasteiger partial charge in [-0.2, -0.15) is 0 Å². The van der Waals surface area contributed by atoms with Crippen LogP contribution in [0, 0.1) is 0 Å². The number of hydrogen-bond acceptors (Lipinski definition) is 1. The van der Waals surface area contributed by atoms with Gasteiger partial charge in [0.15, 0.2) is 0 Å². The lowest BCUT2D eigenvalue weighted by Crippen LogP contribution is -2.07. The molecular weight excluding hydrogens is 164 g/mol. The summed E-state index contributed by atoms with van der Waals surface area (Å²) in [6.07, 6.45) is 0. The van der Waals surface area contributed by atoms with Crippen LogP contribution in [-0.2, 0) is 0 Å². The van der Waals surface area contributed by atoms with Gasteiger partial charge in [-0.05, 0) is 26.0 Å². The molecule has 1 heterocycles. The zero-order valence-corrected chi connectivity index (χ0v) is 7.74. The first kappa shape index (κ1) is 8.10. The van der Waals surface area contributed by atoms with Crippen LogP contribution >= 0.6 is 0 Å². The smallest absolute Gasteiger partial charge is 0.271 e. The van der Waals surface area contributed by atoms with Crippen LogP contribution in [0.5, 0.6) is 0 Å². The molecule has 1 N–H and O–H groups in total. The first-order valence-corrected chi connectivity index (χ1v) is 4.39. The Labute approximate surface area is 76.0 Å². The topological polar surface area (TPSA) is 37.8 Å². The predicted octanol–water partition coefficient (Wildman–Crippen LogP) is 1.91. The van der Waals surface area contributed by atoms with Crippen LogP contribution in [0.1, 0.15) is 19.9 Å². The highest BCUT2D eigenvalue weighted by atomic mass is 16.1. The van der Waals surface area contributed by atoms with E-state index in [0.717, 1.165) is 10.9 Å². The van der Waals surface area contributed by atoms with Gasteiger partial charge in [0.05, 0.1) is 10.9 Å². The lowest BCUT2D eigenvalue weighted by Gasteiger charge is -2.07. The van der Waals surface area contributed by atoms with Crippen molar-refractivity contribution in [2.75, 3.05) is 0 Å². The van der Waals surface area contributed by atoms with E-state index in [-0.39, 0.29) is 11.6 Å². The number of hydrogen-bond donors (Lipinski definition) is 1. The van der Waals surface area contributed by atoms with E-state index >= 15 is 0 Å². The van der Waals surface area contributed by atoms with Crippen molar-refractivity contribution in [1.29, 1.82) is 0 Å². The van der Waals surface area contributed by atoms with Gasteiger partial charge in [0.25, 0.3) is 5.56 Å². The molecular formula is C10H12N2O. The summed E-state index contributed by atoms with van der Waals surface area (Å²) in [7, 11) is 0. The molecule has 2 aromatic rings. The predicted molar refractivity (Wildman–Crippen MR) is 52.9 cm³/mol. The molecule has 68 valence electrons. The summed E-state index contributed by atoms with van der Waals surface area (Å²) in [4.78, 5) is 11.4. The van der Waals surface area contributed by atoms with E-state index in [4.69, 9.17) is 0 Å². The van der Waals surface area contributed by atoms with Crippen molar-refractivity contribution in [3.05, 3.63) is 34.6 Å². The molecule has 0 fully saturated rings. The molecule has 0 saturated carbocycles. The minimum Gasteiger partial charge on any atom is -0.282 e. The summed E-state index contributed by atoms with van der Waals surface area (Å²) < 4.78 is 1.89. The van der Waals surface area contributed by atoms with Crippen molar-refractivity contribution in [2.45, 2.75) is 19.9 Å². The van der Waals surface area contributed by atoms with E-state index in [1.165, 1.54) is 0 Å². The minimum atomic E-state index is -0.00991. The van der Waals surface area contributed by atoms with E-state index in [2.05, 4.69) is 5.10 Å². The summed E-state index contributed by atoms with van der Waals surface area (Å²) in [5.74, 6) is 0. The Kier molecular flexibility index (Phi) is 1.72. The molecule has 2 rings (SSSR count). The lowest BCUT2D eigenvalue weighted by atomic mass is 10.2. The molecule has 1 aromatic heterocycles. The zero-order chi connectivity index (χ0) is 9.42. The largest absolute Gasteiger partial charge is 0.282 e. The Balaban J connectivity index is 2.86. The fourth-order valence-electron chi connectivity index (χ4n) is 1.51. The third-order valence-corrected chi connectivity index (χ3v) is 2.15.